The summed E-state index contributed by atoms with van der Waals surface area (Å²) in [5.41, 5.74) is 2.56. The molecule has 0 amide bonds. The van der Waals surface area contributed by atoms with E-state index in [1.54, 1.807) is 6.92 Å². The Morgan fingerprint density at radius 1 is 1.15 bits per heavy atom. The standard InChI is InChI=1S/C17H29NO2/c1-8-18(9-2)10-11-20-17(13(3)4)15(6)12-14(5)16(7)19/h12H,3,8-11H2,1-2,4-7H3/b14-12+,17-15+. The summed E-state index contributed by atoms with van der Waals surface area (Å²) in [7, 11) is 0. The van der Waals surface area contributed by atoms with Gasteiger partial charge in [-0.3, -0.25) is 4.79 Å². The Kier molecular flexibility index (Phi) is 8.89. The number of allylic oxidation sites excluding steroid dienone is 4. The van der Waals surface area contributed by atoms with Crippen molar-refractivity contribution < 1.29 is 9.53 Å². The number of rotatable bonds is 9. The molecule has 0 aromatic rings. The van der Waals surface area contributed by atoms with E-state index in [-0.39, 0.29) is 5.78 Å². The van der Waals surface area contributed by atoms with Gasteiger partial charge < -0.3 is 9.64 Å². The van der Waals surface area contributed by atoms with E-state index in [0.717, 1.165) is 42.1 Å². The van der Waals surface area contributed by atoms with Crippen molar-refractivity contribution >= 4 is 5.78 Å². The molecule has 3 nitrogen and oxygen atoms in total. The van der Waals surface area contributed by atoms with Gasteiger partial charge in [0.2, 0.25) is 0 Å². The smallest absolute Gasteiger partial charge is 0.155 e. The van der Waals surface area contributed by atoms with Crippen LogP contribution in [0, 0.1) is 0 Å². The lowest BCUT2D eigenvalue weighted by molar-refractivity contribution is -0.113. The molecule has 0 heterocycles. The second-order valence-corrected chi connectivity index (χ2v) is 5.05. The molecule has 114 valence electrons. The van der Waals surface area contributed by atoms with E-state index in [1.807, 2.05) is 26.8 Å². The molecule has 0 rings (SSSR count). The molecule has 0 atom stereocenters. The highest BCUT2D eigenvalue weighted by Crippen LogP contribution is 2.17. The highest BCUT2D eigenvalue weighted by molar-refractivity contribution is 5.93. The molecule has 0 bridgehead atoms. The van der Waals surface area contributed by atoms with Gasteiger partial charge in [-0.15, -0.1) is 0 Å². The average Bonchev–Trinajstić information content (AvgIpc) is 2.38. The van der Waals surface area contributed by atoms with Gasteiger partial charge in [-0.05, 0) is 63.6 Å². The van der Waals surface area contributed by atoms with Crippen molar-refractivity contribution in [3.8, 4) is 0 Å². The van der Waals surface area contributed by atoms with E-state index in [2.05, 4.69) is 25.3 Å². The van der Waals surface area contributed by atoms with Gasteiger partial charge in [0.25, 0.3) is 0 Å². The fourth-order valence-corrected chi connectivity index (χ4v) is 1.88. The fourth-order valence-electron chi connectivity index (χ4n) is 1.88. The van der Waals surface area contributed by atoms with Gasteiger partial charge in [-0.2, -0.15) is 0 Å². The van der Waals surface area contributed by atoms with E-state index in [4.69, 9.17) is 4.74 Å². The normalized spacial score (nSPS) is 13.2. The molecule has 0 saturated heterocycles. The maximum atomic E-state index is 11.3. The van der Waals surface area contributed by atoms with Crippen LogP contribution >= 0.6 is 0 Å². The lowest BCUT2D eigenvalue weighted by Gasteiger charge is -2.19. The number of ketones is 1. The van der Waals surface area contributed by atoms with Gasteiger partial charge in [0, 0.05) is 6.54 Å². The van der Waals surface area contributed by atoms with Gasteiger partial charge in [-0.1, -0.05) is 20.4 Å². The predicted molar refractivity (Wildman–Crippen MR) is 85.7 cm³/mol. The van der Waals surface area contributed by atoms with Crippen molar-refractivity contribution in [3.63, 3.8) is 0 Å². The zero-order valence-electron chi connectivity index (χ0n) is 13.9. The van der Waals surface area contributed by atoms with Crippen LogP contribution in [0.2, 0.25) is 0 Å². The van der Waals surface area contributed by atoms with Gasteiger partial charge in [-0.25, -0.2) is 0 Å². The number of carbonyl (C=O) groups excluding carboxylic acids is 1. The minimum absolute atomic E-state index is 0.0774. The van der Waals surface area contributed by atoms with Crippen LogP contribution in [0.4, 0.5) is 0 Å². The summed E-state index contributed by atoms with van der Waals surface area (Å²) >= 11 is 0. The molecular weight excluding hydrogens is 250 g/mol. The number of ether oxygens (including phenoxy) is 1. The summed E-state index contributed by atoms with van der Waals surface area (Å²) in [6, 6.07) is 0. The largest absolute Gasteiger partial charge is 0.492 e. The number of hydrogen-bond acceptors (Lipinski definition) is 3. The van der Waals surface area contributed by atoms with Crippen molar-refractivity contribution in [2.24, 2.45) is 0 Å². The maximum absolute atomic E-state index is 11.3. The van der Waals surface area contributed by atoms with E-state index >= 15 is 0 Å². The van der Waals surface area contributed by atoms with E-state index in [1.165, 1.54) is 0 Å². The Hall–Kier alpha value is -1.35. The van der Waals surface area contributed by atoms with Crippen LogP contribution in [-0.4, -0.2) is 36.9 Å². The molecule has 0 saturated carbocycles. The number of carbonyl (C=O) groups is 1. The highest BCUT2D eigenvalue weighted by Gasteiger charge is 2.07. The lowest BCUT2D eigenvalue weighted by Crippen LogP contribution is -2.27. The van der Waals surface area contributed by atoms with Crippen molar-refractivity contribution in [2.75, 3.05) is 26.2 Å². The monoisotopic (exact) mass is 279 g/mol. The van der Waals surface area contributed by atoms with Crippen molar-refractivity contribution in [2.45, 2.75) is 41.5 Å². The minimum Gasteiger partial charge on any atom is -0.492 e. The molecule has 0 aliphatic heterocycles. The van der Waals surface area contributed by atoms with Crippen molar-refractivity contribution in [1.29, 1.82) is 0 Å². The Morgan fingerprint density at radius 2 is 1.70 bits per heavy atom. The molecule has 0 aliphatic carbocycles. The first-order chi connectivity index (χ1) is 9.33. The zero-order valence-corrected chi connectivity index (χ0v) is 13.9. The number of nitrogens with zero attached hydrogens (tertiary/aromatic N) is 1. The summed E-state index contributed by atoms with van der Waals surface area (Å²) in [5.74, 6) is 0.867. The molecule has 0 aliphatic rings. The summed E-state index contributed by atoms with van der Waals surface area (Å²) in [6.07, 6.45) is 1.86. The summed E-state index contributed by atoms with van der Waals surface area (Å²) < 4.78 is 5.86. The maximum Gasteiger partial charge on any atom is 0.155 e. The van der Waals surface area contributed by atoms with Crippen LogP contribution < -0.4 is 0 Å². The molecule has 0 aromatic heterocycles. The topological polar surface area (TPSA) is 29.5 Å². The molecule has 0 unspecified atom stereocenters. The third-order valence-corrected chi connectivity index (χ3v) is 3.28. The first-order valence-electron chi connectivity index (χ1n) is 7.24. The molecule has 0 radical (unpaired) electrons. The molecular formula is C17H29NO2. The predicted octanol–water partition coefficient (Wildman–Crippen LogP) is 3.73. The molecule has 0 spiro atoms. The van der Waals surface area contributed by atoms with E-state index in [0.29, 0.717) is 6.61 Å². The van der Waals surface area contributed by atoms with Crippen LogP contribution in [0.5, 0.6) is 0 Å². The quantitative estimate of drug-likeness (QED) is 0.366. The number of Topliss-reactive ketones (excluding diaryl/α,β-unsaturated/α-hetero) is 1. The van der Waals surface area contributed by atoms with Crippen LogP contribution in [0.1, 0.15) is 41.5 Å². The first-order valence-corrected chi connectivity index (χ1v) is 7.24. The van der Waals surface area contributed by atoms with E-state index < -0.39 is 0 Å². The second kappa shape index (κ2) is 9.54. The Morgan fingerprint density at radius 3 is 2.10 bits per heavy atom. The lowest BCUT2D eigenvalue weighted by atomic mass is 10.1. The van der Waals surface area contributed by atoms with Gasteiger partial charge in [0.05, 0.1) is 0 Å². The number of hydrogen-bond donors (Lipinski definition) is 0. The Balaban J connectivity index is 4.85. The fraction of sp³-hybridized carbons (Fsp3) is 0.588. The van der Waals surface area contributed by atoms with Crippen LogP contribution in [0.25, 0.3) is 0 Å². The first kappa shape index (κ1) is 18.7. The van der Waals surface area contributed by atoms with Crippen LogP contribution in [0.3, 0.4) is 0 Å². The molecule has 0 aromatic carbocycles. The third-order valence-electron chi connectivity index (χ3n) is 3.28. The zero-order chi connectivity index (χ0) is 15.7. The van der Waals surface area contributed by atoms with Gasteiger partial charge in [0.1, 0.15) is 12.4 Å². The molecule has 3 heteroatoms. The van der Waals surface area contributed by atoms with Gasteiger partial charge >= 0.3 is 0 Å². The molecule has 0 N–H and O–H groups in total. The van der Waals surface area contributed by atoms with Crippen LogP contribution in [0.15, 0.2) is 35.1 Å². The molecule has 20 heavy (non-hydrogen) atoms. The number of likely N-dealkylation sites (N-methyl/N-ethyl adjacent to an activating group) is 1. The van der Waals surface area contributed by atoms with E-state index in [9.17, 15) is 4.79 Å². The average molecular weight is 279 g/mol. The molecule has 0 fully saturated rings. The van der Waals surface area contributed by atoms with Gasteiger partial charge in [0.15, 0.2) is 5.78 Å². The van der Waals surface area contributed by atoms with Crippen molar-refractivity contribution in [3.05, 3.63) is 35.1 Å². The minimum atomic E-state index is 0.0774. The summed E-state index contributed by atoms with van der Waals surface area (Å²) in [6.45, 7) is 19.1. The van der Waals surface area contributed by atoms with Crippen molar-refractivity contribution in [1.82, 2.24) is 4.90 Å². The second-order valence-electron chi connectivity index (χ2n) is 5.05. The van der Waals surface area contributed by atoms with Crippen LogP contribution in [-0.2, 0) is 9.53 Å². The summed E-state index contributed by atoms with van der Waals surface area (Å²) in [4.78, 5) is 13.6. The summed E-state index contributed by atoms with van der Waals surface area (Å²) in [5, 5.41) is 0. The third kappa shape index (κ3) is 6.71. The SMILES string of the molecule is C=C(C)/C(OCCN(CC)CC)=C(C)\C=C(/C)C(C)=O. The Bertz CT molecular complexity index is 401. The highest BCUT2D eigenvalue weighted by atomic mass is 16.5. The Labute approximate surface area is 124 Å².